The molecule has 1 aliphatic heterocycles. The van der Waals surface area contributed by atoms with Crippen molar-refractivity contribution >= 4 is 15.5 Å². The van der Waals surface area contributed by atoms with Gasteiger partial charge in [-0.3, -0.25) is 0 Å². The maximum Gasteiger partial charge on any atom is 0.153 e. The van der Waals surface area contributed by atoms with Crippen molar-refractivity contribution in [2.75, 3.05) is 29.5 Å². The number of aromatic nitrogens is 3. The lowest BCUT2D eigenvalue weighted by molar-refractivity contribution is 0.587. The molecule has 0 aliphatic carbocycles. The number of pyridine rings is 1. The van der Waals surface area contributed by atoms with Crippen LogP contribution in [0.3, 0.4) is 0 Å². The molecule has 0 unspecified atom stereocenters. The summed E-state index contributed by atoms with van der Waals surface area (Å²) >= 11 is 0. The maximum atomic E-state index is 13.1. The first kappa shape index (κ1) is 17.7. The van der Waals surface area contributed by atoms with Gasteiger partial charge in [0.1, 0.15) is 5.82 Å². The van der Waals surface area contributed by atoms with Crippen LogP contribution >= 0.6 is 0 Å². The highest BCUT2D eigenvalue weighted by Gasteiger charge is 2.21. The number of rotatable bonds is 3. The van der Waals surface area contributed by atoms with E-state index in [9.17, 15) is 12.8 Å². The lowest BCUT2D eigenvalue weighted by atomic mass is 10.1. The van der Waals surface area contributed by atoms with Gasteiger partial charge in [-0.2, -0.15) is 5.10 Å². The summed E-state index contributed by atoms with van der Waals surface area (Å²) in [4.78, 5) is 6.16. The van der Waals surface area contributed by atoms with Crippen molar-refractivity contribution in [3.05, 3.63) is 60.3 Å². The zero-order valence-corrected chi connectivity index (χ0v) is 15.7. The number of hydrogen-bond acceptors (Lipinski definition) is 5. The van der Waals surface area contributed by atoms with E-state index >= 15 is 0 Å². The van der Waals surface area contributed by atoms with Crippen LogP contribution in [0.2, 0.25) is 0 Å². The summed E-state index contributed by atoms with van der Waals surface area (Å²) in [5, 5.41) is 4.37. The molecular formula is C19H19FN4O2S. The van der Waals surface area contributed by atoms with E-state index in [1.165, 1.54) is 12.3 Å². The number of anilines is 1. The number of nitrogens with zero attached hydrogens (tertiary/aromatic N) is 4. The molecule has 3 heterocycles. The van der Waals surface area contributed by atoms with Crippen LogP contribution in [0.1, 0.15) is 5.69 Å². The lowest BCUT2D eigenvalue weighted by Gasteiger charge is -2.28. The second-order valence-corrected chi connectivity index (χ2v) is 8.88. The highest BCUT2D eigenvalue weighted by atomic mass is 32.2. The van der Waals surface area contributed by atoms with Crippen molar-refractivity contribution in [1.29, 1.82) is 0 Å². The van der Waals surface area contributed by atoms with Gasteiger partial charge < -0.3 is 4.90 Å². The fourth-order valence-corrected chi connectivity index (χ4v) is 4.44. The molecular weight excluding hydrogens is 367 g/mol. The summed E-state index contributed by atoms with van der Waals surface area (Å²) in [7, 11) is -2.89. The highest BCUT2D eigenvalue weighted by Crippen LogP contribution is 2.27. The van der Waals surface area contributed by atoms with Crippen molar-refractivity contribution < 1.29 is 12.8 Å². The average Bonchev–Trinajstić information content (AvgIpc) is 3.04. The molecule has 8 heteroatoms. The van der Waals surface area contributed by atoms with Gasteiger partial charge in [0.25, 0.3) is 0 Å². The van der Waals surface area contributed by atoms with Gasteiger partial charge in [-0.05, 0) is 36.8 Å². The Hall–Kier alpha value is -2.74. The van der Waals surface area contributed by atoms with Crippen LogP contribution in [0, 0.1) is 12.7 Å². The second kappa shape index (κ2) is 6.77. The molecule has 1 saturated heterocycles. The molecule has 6 nitrogen and oxygen atoms in total. The molecule has 2 aromatic heterocycles. The molecule has 1 fully saturated rings. The molecule has 140 valence electrons. The van der Waals surface area contributed by atoms with E-state index in [2.05, 4.69) is 15.0 Å². The Bertz CT molecular complexity index is 1050. The highest BCUT2D eigenvalue weighted by molar-refractivity contribution is 7.91. The van der Waals surface area contributed by atoms with Crippen molar-refractivity contribution in [3.63, 3.8) is 0 Å². The number of sulfone groups is 1. The van der Waals surface area contributed by atoms with E-state index in [4.69, 9.17) is 0 Å². The molecule has 0 amide bonds. The van der Waals surface area contributed by atoms with Gasteiger partial charge in [-0.25, -0.2) is 22.5 Å². The minimum atomic E-state index is -2.89. The standard InChI is InChI=1S/C19H19FN4O2S/c1-14-18(13-22-24(14)19-7-4-16(20)12-21-19)15-2-5-17(6-3-15)23-8-10-27(25,26)11-9-23/h2-7,12-13H,8-11H2,1H3. The summed E-state index contributed by atoms with van der Waals surface area (Å²) in [6.07, 6.45) is 2.94. The molecule has 0 atom stereocenters. The summed E-state index contributed by atoms with van der Waals surface area (Å²) in [6, 6.07) is 11.0. The summed E-state index contributed by atoms with van der Waals surface area (Å²) in [6.45, 7) is 2.99. The van der Waals surface area contributed by atoms with E-state index < -0.39 is 9.84 Å². The zero-order chi connectivity index (χ0) is 19.0. The van der Waals surface area contributed by atoms with Gasteiger partial charge >= 0.3 is 0 Å². The number of hydrogen-bond donors (Lipinski definition) is 0. The molecule has 1 aromatic carbocycles. The molecule has 27 heavy (non-hydrogen) atoms. The van der Waals surface area contributed by atoms with Gasteiger partial charge in [0.05, 0.1) is 29.6 Å². The molecule has 0 N–H and O–H groups in total. The van der Waals surface area contributed by atoms with Gasteiger partial charge in [0, 0.05) is 24.3 Å². The van der Waals surface area contributed by atoms with Crippen LogP contribution in [-0.4, -0.2) is 47.8 Å². The van der Waals surface area contributed by atoms with Crippen LogP contribution in [0.25, 0.3) is 16.9 Å². The molecule has 0 radical (unpaired) electrons. The number of benzene rings is 1. The Morgan fingerprint density at radius 3 is 2.33 bits per heavy atom. The summed E-state index contributed by atoms with van der Waals surface area (Å²) in [5.74, 6) is 0.576. The van der Waals surface area contributed by atoms with Crippen molar-refractivity contribution in [2.24, 2.45) is 0 Å². The van der Waals surface area contributed by atoms with Gasteiger partial charge in [0.2, 0.25) is 0 Å². The third-order valence-corrected chi connectivity index (χ3v) is 6.44. The van der Waals surface area contributed by atoms with E-state index in [0.29, 0.717) is 18.9 Å². The predicted molar refractivity (Wildman–Crippen MR) is 102 cm³/mol. The molecule has 3 aromatic rings. The van der Waals surface area contributed by atoms with Crippen LogP contribution < -0.4 is 4.90 Å². The monoisotopic (exact) mass is 386 g/mol. The van der Waals surface area contributed by atoms with Gasteiger partial charge in [0.15, 0.2) is 15.7 Å². The van der Waals surface area contributed by atoms with Gasteiger partial charge in [-0.15, -0.1) is 0 Å². The van der Waals surface area contributed by atoms with E-state index in [1.807, 2.05) is 31.2 Å². The average molecular weight is 386 g/mol. The van der Waals surface area contributed by atoms with Crippen LogP contribution in [0.4, 0.5) is 10.1 Å². The van der Waals surface area contributed by atoms with Crippen molar-refractivity contribution in [2.45, 2.75) is 6.92 Å². The van der Waals surface area contributed by atoms with Crippen molar-refractivity contribution in [1.82, 2.24) is 14.8 Å². The normalized spacial score (nSPS) is 16.4. The quantitative estimate of drug-likeness (QED) is 0.692. The fourth-order valence-electron chi connectivity index (χ4n) is 3.24. The molecule has 0 bridgehead atoms. The Labute approximate surface area is 157 Å². The van der Waals surface area contributed by atoms with E-state index in [0.717, 1.165) is 22.5 Å². The Kier molecular flexibility index (Phi) is 4.43. The minimum Gasteiger partial charge on any atom is -0.369 e. The minimum absolute atomic E-state index is 0.200. The Balaban J connectivity index is 1.57. The van der Waals surface area contributed by atoms with E-state index in [1.54, 1.807) is 16.9 Å². The van der Waals surface area contributed by atoms with Gasteiger partial charge in [-0.1, -0.05) is 12.1 Å². The summed E-state index contributed by atoms with van der Waals surface area (Å²) in [5.41, 5.74) is 3.90. The molecule has 0 saturated carbocycles. The Morgan fingerprint density at radius 1 is 1.00 bits per heavy atom. The Morgan fingerprint density at radius 2 is 1.70 bits per heavy atom. The SMILES string of the molecule is Cc1c(-c2ccc(N3CCS(=O)(=O)CC3)cc2)cnn1-c1ccc(F)cn1. The number of halogens is 1. The molecule has 0 spiro atoms. The lowest BCUT2D eigenvalue weighted by Crippen LogP contribution is -2.40. The second-order valence-electron chi connectivity index (χ2n) is 6.58. The first-order valence-corrected chi connectivity index (χ1v) is 10.5. The van der Waals surface area contributed by atoms with E-state index in [-0.39, 0.29) is 17.3 Å². The fraction of sp³-hybridized carbons (Fsp3) is 0.263. The largest absolute Gasteiger partial charge is 0.369 e. The summed E-state index contributed by atoms with van der Waals surface area (Å²) < 4.78 is 37.9. The third-order valence-electron chi connectivity index (χ3n) is 4.83. The zero-order valence-electron chi connectivity index (χ0n) is 14.8. The third kappa shape index (κ3) is 3.57. The van der Waals surface area contributed by atoms with Crippen molar-refractivity contribution in [3.8, 4) is 16.9 Å². The van der Waals surface area contributed by atoms with Crippen LogP contribution in [0.5, 0.6) is 0 Å². The first-order valence-electron chi connectivity index (χ1n) is 8.65. The topological polar surface area (TPSA) is 68.1 Å². The van der Waals surface area contributed by atoms with Crippen LogP contribution in [0.15, 0.2) is 48.8 Å². The molecule has 1 aliphatic rings. The molecule has 4 rings (SSSR count). The van der Waals surface area contributed by atoms with Crippen LogP contribution in [-0.2, 0) is 9.84 Å². The maximum absolute atomic E-state index is 13.1. The smallest absolute Gasteiger partial charge is 0.153 e. The first-order chi connectivity index (χ1) is 12.9. The predicted octanol–water partition coefficient (Wildman–Crippen LogP) is 2.62.